The van der Waals surface area contributed by atoms with Crippen LogP contribution in [0.1, 0.15) is 44.6 Å². The predicted molar refractivity (Wildman–Crippen MR) is 145 cm³/mol. The summed E-state index contributed by atoms with van der Waals surface area (Å²) in [6.45, 7) is 11.0. The lowest BCUT2D eigenvalue weighted by atomic mass is 9.64. The van der Waals surface area contributed by atoms with Gasteiger partial charge in [0, 0.05) is 39.8 Å². The van der Waals surface area contributed by atoms with Crippen LogP contribution in [0, 0.1) is 11.8 Å². The summed E-state index contributed by atoms with van der Waals surface area (Å²) in [6.07, 6.45) is 6.20. The van der Waals surface area contributed by atoms with Crippen molar-refractivity contribution in [2.75, 3.05) is 33.3 Å². The van der Waals surface area contributed by atoms with Crippen molar-refractivity contribution in [1.82, 2.24) is 14.7 Å². The van der Waals surface area contributed by atoms with E-state index in [4.69, 9.17) is 4.74 Å². The average molecular weight is 524 g/mol. The number of likely N-dealkylation sites (N-methyl/N-ethyl adjacent to an activating group) is 1. The summed E-state index contributed by atoms with van der Waals surface area (Å²) < 4.78 is 6.84. The summed E-state index contributed by atoms with van der Waals surface area (Å²) in [5.41, 5.74) is -0.853. The first-order valence-corrected chi connectivity index (χ1v) is 13.7. The summed E-state index contributed by atoms with van der Waals surface area (Å²) in [5, 5.41) is 9.39. The summed E-state index contributed by atoms with van der Waals surface area (Å²) in [6, 6.07) is 8.90. The molecule has 4 rings (SSSR count). The van der Waals surface area contributed by atoms with Gasteiger partial charge in [-0.2, -0.15) is 0 Å². The topological polar surface area (TPSA) is 90.4 Å². The maximum Gasteiger partial charge on any atom is 0.248 e. The number of fused-ring (bicyclic) bond motifs is 1. The molecule has 8 nitrogen and oxygen atoms in total. The Balaban J connectivity index is 1.76. The van der Waals surface area contributed by atoms with Crippen LogP contribution >= 0.6 is 0 Å². The van der Waals surface area contributed by atoms with Crippen LogP contribution < -0.4 is 0 Å². The van der Waals surface area contributed by atoms with E-state index < -0.39 is 29.1 Å². The van der Waals surface area contributed by atoms with Crippen molar-refractivity contribution in [3.8, 4) is 0 Å². The number of rotatable bonds is 13. The highest BCUT2D eigenvalue weighted by molar-refractivity contribution is 5.99. The van der Waals surface area contributed by atoms with Crippen LogP contribution in [0.5, 0.6) is 0 Å². The number of carbonyl (C=O) groups excluding carboxylic acids is 3. The molecule has 2 unspecified atom stereocenters. The molecule has 5 atom stereocenters. The lowest BCUT2D eigenvalue weighted by Crippen LogP contribution is -2.56. The molecular formula is C30H41N3O5. The first-order valence-electron chi connectivity index (χ1n) is 13.7. The average Bonchev–Trinajstić information content (AvgIpc) is 3.52. The number of ether oxygens (including phenoxy) is 1. The standard InChI is InChI=1S/C30H41N3O5/c1-5-17-31(4)26(35)23-24-27(36)33(19-11-12-20-34)25(30(24)16-15-29(23,7-3)38-30)28(37)32(18-6-2)21-22-13-9-8-10-14-22/h5-6,8-10,13-14,23-25,34H,1-2,7,11-12,15-21H2,3-4H3/t23-,24+,25?,29+,30?/m1/s1. The quantitative estimate of drug-likeness (QED) is 0.317. The van der Waals surface area contributed by atoms with Gasteiger partial charge < -0.3 is 24.5 Å². The zero-order chi connectivity index (χ0) is 27.5. The Morgan fingerprint density at radius 3 is 2.47 bits per heavy atom. The number of likely N-dealkylation sites (tertiary alicyclic amines) is 1. The highest BCUT2D eigenvalue weighted by Crippen LogP contribution is 2.64. The fourth-order valence-corrected chi connectivity index (χ4v) is 6.89. The van der Waals surface area contributed by atoms with Crippen molar-refractivity contribution in [1.29, 1.82) is 0 Å². The molecule has 3 fully saturated rings. The van der Waals surface area contributed by atoms with E-state index in [1.807, 2.05) is 37.3 Å². The van der Waals surface area contributed by atoms with Crippen LogP contribution in [0.25, 0.3) is 0 Å². The lowest BCUT2D eigenvalue weighted by Gasteiger charge is -2.37. The molecule has 3 heterocycles. The number of carbonyl (C=O) groups is 3. The minimum atomic E-state index is -1.06. The van der Waals surface area contributed by atoms with Gasteiger partial charge in [-0.05, 0) is 37.7 Å². The molecule has 1 N–H and O–H groups in total. The Hall–Kier alpha value is -2.97. The molecule has 206 valence electrons. The summed E-state index contributed by atoms with van der Waals surface area (Å²) in [4.78, 5) is 47.3. The van der Waals surface area contributed by atoms with E-state index in [-0.39, 0.29) is 24.3 Å². The fraction of sp³-hybridized carbons (Fsp3) is 0.567. The predicted octanol–water partition coefficient (Wildman–Crippen LogP) is 2.77. The zero-order valence-corrected chi connectivity index (χ0v) is 22.7. The van der Waals surface area contributed by atoms with Gasteiger partial charge in [0.2, 0.25) is 17.7 Å². The van der Waals surface area contributed by atoms with E-state index in [2.05, 4.69) is 13.2 Å². The minimum absolute atomic E-state index is 0.00865. The third kappa shape index (κ3) is 4.58. The fourth-order valence-electron chi connectivity index (χ4n) is 6.89. The molecule has 0 aliphatic carbocycles. The van der Waals surface area contributed by atoms with Gasteiger partial charge in [-0.15, -0.1) is 13.2 Å². The Morgan fingerprint density at radius 1 is 1.13 bits per heavy atom. The van der Waals surface area contributed by atoms with Gasteiger partial charge in [-0.3, -0.25) is 14.4 Å². The number of nitrogens with zero attached hydrogens (tertiary/aromatic N) is 3. The summed E-state index contributed by atoms with van der Waals surface area (Å²) in [7, 11) is 1.72. The van der Waals surface area contributed by atoms with Gasteiger partial charge in [0.25, 0.3) is 0 Å². The first kappa shape index (κ1) is 28.0. The summed E-state index contributed by atoms with van der Waals surface area (Å²) in [5.74, 6) is -1.89. The highest BCUT2D eigenvalue weighted by atomic mass is 16.5. The molecule has 0 radical (unpaired) electrons. The van der Waals surface area contributed by atoms with Crippen LogP contribution in [0.15, 0.2) is 55.6 Å². The second-order valence-electron chi connectivity index (χ2n) is 10.8. The number of unbranched alkanes of at least 4 members (excludes halogenated alkanes) is 1. The molecule has 3 amide bonds. The number of hydrogen-bond donors (Lipinski definition) is 1. The third-order valence-corrected chi connectivity index (χ3v) is 8.64. The summed E-state index contributed by atoms with van der Waals surface area (Å²) >= 11 is 0. The van der Waals surface area contributed by atoms with Crippen LogP contribution in [0.4, 0.5) is 0 Å². The monoisotopic (exact) mass is 523 g/mol. The van der Waals surface area contributed by atoms with E-state index in [1.165, 1.54) is 0 Å². The van der Waals surface area contributed by atoms with Crippen LogP contribution in [0.2, 0.25) is 0 Å². The van der Waals surface area contributed by atoms with Crippen LogP contribution in [-0.4, -0.2) is 88.1 Å². The van der Waals surface area contributed by atoms with Gasteiger partial charge in [-0.25, -0.2) is 0 Å². The van der Waals surface area contributed by atoms with Crippen molar-refractivity contribution in [2.45, 2.75) is 62.8 Å². The highest BCUT2D eigenvalue weighted by Gasteiger charge is 2.78. The molecule has 2 bridgehead atoms. The molecule has 1 spiro atoms. The Kier molecular flexibility index (Phi) is 8.43. The molecule has 1 aromatic rings. The smallest absolute Gasteiger partial charge is 0.248 e. The third-order valence-electron chi connectivity index (χ3n) is 8.64. The lowest BCUT2D eigenvalue weighted by molar-refractivity contribution is -0.155. The van der Waals surface area contributed by atoms with Crippen LogP contribution in [-0.2, 0) is 25.7 Å². The number of hydrogen-bond acceptors (Lipinski definition) is 5. The zero-order valence-electron chi connectivity index (χ0n) is 22.7. The molecule has 3 aliphatic rings. The Morgan fingerprint density at radius 2 is 1.84 bits per heavy atom. The number of benzene rings is 1. The first-order chi connectivity index (χ1) is 18.3. The Bertz CT molecular complexity index is 1060. The van der Waals surface area contributed by atoms with Crippen molar-refractivity contribution in [3.05, 3.63) is 61.2 Å². The van der Waals surface area contributed by atoms with E-state index in [9.17, 15) is 19.5 Å². The second-order valence-corrected chi connectivity index (χ2v) is 10.8. The van der Waals surface area contributed by atoms with Crippen molar-refractivity contribution < 1.29 is 24.2 Å². The molecule has 0 saturated carbocycles. The molecule has 3 saturated heterocycles. The number of amides is 3. The van der Waals surface area contributed by atoms with E-state index in [1.54, 1.807) is 33.9 Å². The molecule has 38 heavy (non-hydrogen) atoms. The van der Waals surface area contributed by atoms with Crippen molar-refractivity contribution >= 4 is 17.7 Å². The van der Waals surface area contributed by atoms with Gasteiger partial charge >= 0.3 is 0 Å². The maximum absolute atomic E-state index is 14.4. The van der Waals surface area contributed by atoms with Gasteiger partial charge in [0.1, 0.15) is 11.6 Å². The largest absolute Gasteiger partial charge is 0.396 e. The normalized spacial score (nSPS) is 29.3. The van der Waals surface area contributed by atoms with E-state index in [0.29, 0.717) is 58.3 Å². The number of aliphatic hydroxyl groups is 1. The van der Waals surface area contributed by atoms with Crippen molar-refractivity contribution in [3.63, 3.8) is 0 Å². The Labute approximate surface area is 225 Å². The molecule has 3 aliphatic heterocycles. The van der Waals surface area contributed by atoms with E-state index >= 15 is 0 Å². The minimum Gasteiger partial charge on any atom is -0.396 e. The van der Waals surface area contributed by atoms with Crippen LogP contribution in [0.3, 0.4) is 0 Å². The second kappa shape index (κ2) is 11.4. The molecule has 0 aromatic heterocycles. The molecule has 8 heteroatoms. The van der Waals surface area contributed by atoms with Gasteiger partial charge in [0.05, 0.1) is 17.4 Å². The van der Waals surface area contributed by atoms with Gasteiger partial charge in [0.15, 0.2) is 0 Å². The maximum atomic E-state index is 14.4. The SMILES string of the molecule is C=CCN(C)C(=O)[C@H]1[C@H]2C(=O)N(CCCCO)C(C(=O)N(CC=C)Cc3ccccc3)C23CC[C@]1(CC)O3. The molecular weight excluding hydrogens is 482 g/mol. The van der Waals surface area contributed by atoms with E-state index in [0.717, 1.165) is 5.56 Å². The molecule has 1 aromatic carbocycles. The number of aliphatic hydroxyl groups excluding tert-OH is 1. The van der Waals surface area contributed by atoms with Crippen molar-refractivity contribution in [2.24, 2.45) is 11.8 Å². The van der Waals surface area contributed by atoms with Gasteiger partial charge in [-0.1, -0.05) is 49.4 Å².